The first-order valence-electron chi connectivity index (χ1n) is 22.0. The van der Waals surface area contributed by atoms with Gasteiger partial charge in [-0.05, 0) is 63.1 Å². The Morgan fingerprint density at radius 3 is 1.24 bits per heavy atom. The lowest BCUT2D eigenvalue weighted by molar-refractivity contribution is -0.404. The van der Waals surface area contributed by atoms with Crippen molar-refractivity contribution in [1.29, 1.82) is 10.5 Å². The lowest BCUT2D eigenvalue weighted by Gasteiger charge is -2.30. The van der Waals surface area contributed by atoms with Crippen LogP contribution in [0.2, 0.25) is 0 Å². The van der Waals surface area contributed by atoms with Crippen LogP contribution in [0.25, 0.3) is 9.69 Å². The van der Waals surface area contributed by atoms with Crippen molar-refractivity contribution in [2.45, 2.75) is 77.0 Å². The number of para-hydroxylation sites is 2. The molecule has 10 heteroatoms. The molecule has 0 saturated carbocycles. The monoisotopic (exact) mass is 868 g/mol. The third kappa shape index (κ3) is 5.61. The van der Waals surface area contributed by atoms with E-state index in [0.717, 1.165) is 67.8 Å². The van der Waals surface area contributed by atoms with Crippen LogP contribution in [0.5, 0.6) is 0 Å². The molecule has 9 rings (SSSR count). The molecule has 0 bridgehead atoms. The SMILES string of the molecule is [C-]#[N+]/C(C#N)=C1/C(=CC2=[N+](C)c3cc4c(cc3C2(C)C)[N+](C)=C(C=C2C(O)=C(C=C3N(C)c5ccccc5C3(C)C)/C2=C(\C#N)[N+]#[C-])C4(C)C)C(O)=C1C=C1N(C)c2ccccc2C1(C)C. The van der Waals surface area contributed by atoms with Crippen molar-refractivity contribution in [2.24, 2.45) is 0 Å². The molecule has 0 amide bonds. The summed E-state index contributed by atoms with van der Waals surface area (Å²) in [7, 11) is 8.01. The lowest BCUT2D eigenvalue weighted by atomic mass is 9.74. The molecule has 2 N–H and O–H groups in total. The highest BCUT2D eigenvalue weighted by atomic mass is 16.3. The molecule has 0 radical (unpaired) electrons. The maximum absolute atomic E-state index is 11.9. The molecule has 4 aliphatic heterocycles. The molecule has 66 heavy (non-hydrogen) atoms. The van der Waals surface area contributed by atoms with Crippen LogP contribution in [0.3, 0.4) is 0 Å². The van der Waals surface area contributed by atoms with E-state index < -0.39 is 10.8 Å². The summed E-state index contributed by atoms with van der Waals surface area (Å²) in [6, 6.07) is 25.0. The van der Waals surface area contributed by atoms with Gasteiger partial charge in [0.05, 0.1) is 36.1 Å². The van der Waals surface area contributed by atoms with Crippen molar-refractivity contribution in [2.75, 3.05) is 38.0 Å². The number of hydrogen-bond donors (Lipinski definition) is 2. The van der Waals surface area contributed by atoms with E-state index in [0.29, 0.717) is 33.4 Å². The summed E-state index contributed by atoms with van der Waals surface area (Å²) in [5.74, 6) is 0.0838. The first-order valence-corrected chi connectivity index (χ1v) is 22.0. The molecule has 0 fully saturated rings. The molecule has 0 aromatic heterocycles. The fourth-order valence-electron chi connectivity index (χ4n) is 11.4. The van der Waals surface area contributed by atoms with Crippen LogP contribution in [-0.4, -0.2) is 59.0 Å². The average molecular weight is 869 g/mol. The summed E-state index contributed by atoms with van der Waals surface area (Å²) in [5.41, 5.74) is 12.9. The molecule has 4 heterocycles. The Morgan fingerprint density at radius 2 is 0.924 bits per heavy atom. The van der Waals surface area contributed by atoms with Crippen molar-refractivity contribution >= 4 is 34.2 Å². The van der Waals surface area contributed by atoms with Crippen LogP contribution in [0.1, 0.15) is 77.6 Å². The zero-order chi connectivity index (χ0) is 47.7. The van der Waals surface area contributed by atoms with Crippen molar-refractivity contribution < 1.29 is 19.4 Å². The fraction of sp³-hybridized carbons (Fsp3) is 0.286. The van der Waals surface area contributed by atoms with Crippen LogP contribution in [0.15, 0.2) is 153 Å². The van der Waals surface area contributed by atoms with Crippen LogP contribution in [0, 0.1) is 35.8 Å². The Bertz CT molecular complexity index is 3100. The van der Waals surface area contributed by atoms with E-state index in [1.165, 1.54) is 0 Å². The van der Waals surface area contributed by atoms with Gasteiger partial charge in [0.15, 0.2) is 11.4 Å². The van der Waals surface area contributed by atoms with Gasteiger partial charge in [-0.1, -0.05) is 64.1 Å². The number of aliphatic hydroxyl groups excluding tert-OH is 2. The van der Waals surface area contributed by atoms with Gasteiger partial charge in [-0.2, -0.15) is 9.15 Å². The van der Waals surface area contributed by atoms with E-state index >= 15 is 0 Å². The number of hydrogen-bond acceptors (Lipinski definition) is 6. The second-order valence-corrected chi connectivity index (χ2v) is 20.0. The maximum Gasteiger partial charge on any atom is 0.270 e. The number of anilines is 2. The molecule has 10 nitrogen and oxygen atoms in total. The van der Waals surface area contributed by atoms with Crippen molar-refractivity contribution in [3.05, 3.63) is 198 Å². The summed E-state index contributed by atoms with van der Waals surface area (Å²) >= 11 is 0. The normalized spacial score (nSPS) is 24.2. The molecule has 0 unspecified atom stereocenters. The summed E-state index contributed by atoms with van der Waals surface area (Å²) in [5, 5.41) is 44.1. The number of benzene rings is 3. The summed E-state index contributed by atoms with van der Waals surface area (Å²) in [6.07, 6.45) is 7.70. The predicted molar refractivity (Wildman–Crippen MR) is 260 cm³/mol. The number of nitrogens with zero attached hydrogens (tertiary/aromatic N) is 8. The minimum atomic E-state index is -0.566. The number of nitriles is 2. The zero-order valence-electron chi connectivity index (χ0n) is 39.6. The predicted octanol–water partition coefficient (Wildman–Crippen LogP) is 11.2. The minimum absolute atomic E-state index is 0.0419. The standard InChI is InChI=1S/C56H50N8O2/c1-53(2)35-19-15-17-21-41(35)61(11)45(53)23-31-49(39(29-57)59-9)33(51(31)65)25-47-55(5,6)37-27-44-38(28-43(37)63(47)13)56(7,8)48(64(44)14)26-34-50(40(30-58)60-10)32(52(34)66)24-46-54(3,4)36-20-16-18-22-42(36)62(46)12/h15-28H,1-8,11-14H3/p+2/b49-39-,50-40+. The van der Waals surface area contributed by atoms with Gasteiger partial charge in [0.1, 0.15) is 25.6 Å². The first-order chi connectivity index (χ1) is 31.1. The van der Waals surface area contributed by atoms with Gasteiger partial charge in [0, 0.05) is 117 Å². The summed E-state index contributed by atoms with van der Waals surface area (Å²) in [6.45, 7) is 33.0. The van der Waals surface area contributed by atoms with Gasteiger partial charge in [0.25, 0.3) is 11.4 Å². The molecule has 326 valence electrons. The Hall–Kier alpha value is -7.92. The van der Waals surface area contributed by atoms with Crippen LogP contribution < -0.4 is 9.80 Å². The van der Waals surface area contributed by atoms with Crippen molar-refractivity contribution in [3.63, 3.8) is 0 Å². The van der Waals surface area contributed by atoms with Crippen molar-refractivity contribution in [1.82, 2.24) is 0 Å². The average Bonchev–Trinajstić information content (AvgIpc) is 3.78. The van der Waals surface area contributed by atoms with Gasteiger partial charge in [-0.3, -0.25) is 0 Å². The third-order valence-electron chi connectivity index (χ3n) is 15.2. The van der Waals surface area contributed by atoms with Gasteiger partial charge < -0.3 is 20.0 Å². The number of fused-ring (bicyclic) bond motifs is 4. The van der Waals surface area contributed by atoms with Crippen molar-refractivity contribution in [3.8, 4) is 12.1 Å². The molecule has 3 aromatic carbocycles. The third-order valence-corrected chi connectivity index (χ3v) is 15.2. The first kappa shape index (κ1) is 43.3. The van der Waals surface area contributed by atoms with Crippen LogP contribution in [0.4, 0.5) is 22.7 Å². The highest BCUT2D eigenvalue weighted by Gasteiger charge is 2.52. The number of allylic oxidation sites excluding steroid dienone is 12. The molecule has 6 aliphatic rings. The number of likely N-dealkylation sites (N-methyl/N-ethyl adjacent to an activating group) is 2. The van der Waals surface area contributed by atoms with Crippen LogP contribution in [-0.2, 0) is 21.7 Å². The van der Waals surface area contributed by atoms with E-state index in [-0.39, 0.29) is 33.7 Å². The Morgan fingerprint density at radius 1 is 0.576 bits per heavy atom. The highest BCUT2D eigenvalue weighted by molar-refractivity contribution is 6.08. The lowest BCUT2D eigenvalue weighted by Crippen LogP contribution is -2.29. The summed E-state index contributed by atoms with van der Waals surface area (Å²) in [4.78, 5) is 11.5. The Labute approximate surface area is 387 Å². The largest absolute Gasteiger partial charge is 0.507 e. The van der Waals surface area contributed by atoms with E-state index in [2.05, 4.69) is 133 Å². The van der Waals surface area contributed by atoms with Gasteiger partial charge >= 0.3 is 0 Å². The van der Waals surface area contributed by atoms with Gasteiger partial charge in [0.2, 0.25) is 11.4 Å². The van der Waals surface area contributed by atoms with Crippen LogP contribution >= 0.6 is 0 Å². The Kier molecular flexibility index (Phi) is 9.38. The quantitative estimate of drug-likeness (QED) is 0.154. The van der Waals surface area contributed by atoms with E-state index in [9.17, 15) is 20.7 Å². The molecule has 0 spiro atoms. The molecular weight excluding hydrogens is 817 g/mol. The van der Waals surface area contributed by atoms with E-state index in [1.54, 1.807) is 0 Å². The van der Waals surface area contributed by atoms with Gasteiger partial charge in [-0.25, -0.2) is 20.2 Å². The molecule has 3 aromatic rings. The zero-order valence-corrected chi connectivity index (χ0v) is 39.6. The minimum Gasteiger partial charge on any atom is -0.507 e. The topological polar surface area (TPSA) is 109 Å². The smallest absolute Gasteiger partial charge is 0.270 e. The van der Waals surface area contributed by atoms with E-state index in [4.69, 9.17) is 13.1 Å². The number of rotatable bonds is 4. The highest BCUT2D eigenvalue weighted by Crippen LogP contribution is 2.54. The summed E-state index contributed by atoms with van der Waals surface area (Å²) < 4.78 is 4.25. The molecule has 0 saturated heterocycles. The Balaban J connectivity index is 1.11. The second kappa shape index (κ2) is 14.3. The fourth-order valence-corrected chi connectivity index (χ4v) is 11.4. The molecule has 2 aliphatic carbocycles. The van der Waals surface area contributed by atoms with E-state index in [1.807, 2.05) is 76.8 Å². The molecular formula is C56H52N8O2+2. The number of aliphatic hydroxyl groups is 2. The molecule has 0 atom stereocenters. The maximum atomic E-state index is 11.9. The van der Waals surface area contributed by atoms with Gasteiger partial charge in [-0.15, -0.1) is 0 Å². The second-order valence-electron chi connectivity index (χ2n) is 20.0.